The van der Waals surface area contributed by atoms with Crippen LogP contribution in [0.1, 0.15) is 16.2 Å². The SMILES string of the molecule is O=C(N/N=C/c1ccc(O)c(O)c1O)c1nc(-c2ccccc2)n(-c2ccccc2)n1. The minimum atomic E-state index is -0.675. The van der Waals surface area contributed by atoms with E-state index in [-0.39, 0.29) is 11.4 Å². The molecule has 0 atom stereocenters. The van der Waals surface area contributed by atoms with Crippen LogP contribution in [0.2, 0.25) is 0 Å². The molecule has 0 spiro atoms. The first kappa shape index (κ1) is 19.6. The van der Waals surface area contributed by atoms with Gasteiger partial charge < -0.3 is 15.3 Å². The Balaban J connectivity index is 1.62. The maximum atomic E-state index is 12.6. The zero-order valence-electron chi connectivity index (χ0n) is 16.0. The number of aromatic nitrogens is 3. The molecular weight excluding hydrogens is 398 g/mol. The summed E-state index contributed by atoms with van der Waals surface area (Å²) >= 11 is 0. The Kier molecular flexibility index (Phi) is 5.31. The molecule has 3 aromatic carbocycles. The molecule has 0 fully saturated rings. The summed E-state index contributed by atoms with van der Waals surface area (Å²) < 4.78 is 1.57. The maximum absolute atomic E-state index is 12.6. The first-order valence-electron chi connectivity index (χ1n) is 9.20. The summed E-state index contributed by atoms with van der Waals surface area (Å²) in [5, 5.41) is 36.8. The van der Waals surface area contributed by atoms with Gasteiger partial charge >= 0.3 is 5.91 Å². The molecule has 0 aliphatic carbocycles. The first-order valence-corrected chi connectivity index (χ1v) is 9.20. The van der Waals surface area contributed by atoms with Crippen LogP contribution in [0.15, 0.2) is 77.9 Å². The molecule has 4 N–H and O–H groups in total. The van der Waals surface area contributed by atoms with Gasteiger partial charge in [0, 0.05) is 11.1 Å². The molecule has 0 saturated carbocycles. The lowest BCUT2D eigenvalue weighted by molar-refractivity contribution is 0.0945. The minimum absolute atomic E-state index is 0.0994. The number of aromatic hydroxyl groups is 3. The van der Waals surface area contributed by atoms with Crippen LogP contribution >= 0.6 is 0 Å². The number of phenolic OH excluding ortho intramolecular Hbond substituents is 3. The number of benzene rings is 3. The fourth-order valence-corrected chi connectivity index (χ4v) is 2.83. The fourth-order valence-electron chi connectivity index (χ4n) is 2.83. The largest absolute Gasteiger partial charge is 0.504 e. The zero-order valence-corrected chi connectivity index (χ0v) is 16.0. The Morgan fingerprint density at radius 3 is 2.29 bits per heavy atom. The lowest BCUT2D eigenvalue weighted by atomic mass is 10.2. The van der Waals surface area contributed by atoms with Crippen molar-refractivity contribution >= 4 is 12.1 Å². The van der Waals surface area contributed by atoms with E-state index in [0.29, 0.717) is 5.82 Å². The van der Waals surface area contributed by atoms with E-state index in [4.69, 9.17) is 0 Å². The van der Waals surface area contributed by atoms with E-state index in [1.807, 2.05) is 60.7 Å². The number of para-hydroxylation sites is 1. The first-order chi connectivity index (χ1) is 15.0. The van der Waals surface area contributed by atoms with Crippen LogP contribution in [0.3, 0.4) is 0 Å². The molecule has 0 saturated heterocycles. The number of nitrogens with one attached hydrogen (secondary N) is 1. The third-order valence-corrected chi connectivity index (χ3v) is 4.37. The summed E-state index contributed by atoms with van der Waals surface area (Å²) in [6, 6.07) is 21.1. The second-order valence-corrected chi connectivity index (χ2v) is 6.44. The van der Waals surface area contributed by atoms with Gasteiger partial charge in [0.25, 0.3) is 0 Å². The van der Waals surface area contributed by atoms with Crippen molar-refractivity contribution in [3.63, 3.8) is 0 Å². The number of hydrogen-bond acceptors (Lipinski definition) is 7. The predicted molar refractivity (Wildman–Crippen MR) is 113 cm³/mol. The highest BCUT2D eigenvalue weighted by Crippen LogP contribution is 2.36. The Labute approximate surface area is 176 Å². The number of carbonyl (C=O) groups is 1. The van der Waals surface area contributed by atoms with E-state index in [9.17, 15) is 20.1 Å². The quantitative estimate of drug-likeness (QED) is 0.225. The molecule has 1 heterocycles. The fraction of sp³-hybridized carbons (Fsp3) is 0. The van der Waals surface area contributed by atoms with Crippen molar-refractivity contribution in [2.24, 2.45) is 5.10 Å². The standard InChI is InChI=1S/C22H17N5O4/c28-17-12-11-15(18(29)19(17)30)13-23-25-22(31)20-24-21(14-7-3-1-4-8-14)27(26-20)16-9-5-2-6-10-16/h1-13,28-30H,(H,25,31)/b23-13+. The average molecular weight is 415 g/mol. The van der Waals surface area contributed by atoms with Crippen molar-refractivity contribution in [1.29, 1.82) is 0 Å². The summed E-state index contributed by atoms with van der Waals surface area (Å²) in [5.41, 5.74) is 3.91. The van der Waals surface area contributed by atoms with Crippen molar-refractivity contribution in [3.8, 4) is 34.3 Å². The molecule has 31 heavy (non-hydrogen) atoms. The second kappa shape index (κ2) is 8.37. The van der Waals surface area contributed by atoms with Crippen LogP contribution in [0.25, 0.3) is 17.1 Å². The molecule has 0 bridgehead atoms. The number of phenols is 3. The minimum Gasteiger partial charge on any atom is -0.504 e. The predicted octanol–water partition coefficient (Wildman–Crippen LogP) is 2.82. The van der Waals surface area contributed by atoms with E-state index >= 15 is 0 Å². The molecule has 9 nitrogen and oxygen atoms in total. The van der Waals surface area contributed by atoms with Crippen molar-refractivity contribution in [2.75, 3.05) is 0 Å². The normalized spacial score (nSPS) is 11.0. The van der Waals surface area contributed by atoms with E-state index in [0.717, 1.165) is 17.5 Å². The number of hydrogen-bond donors (Lipinski definition) is 4. The summed E-state index contributed by atoms with van der Waals surface area (Å²) in [4.78, 5) is 16.9. The van der Waals surface area contributed by atoms with Crippen LogP contribution in [0.4, 0.5) is 0 Å². The van der Waals surface area contributed by atoms with Crippen LogP contribution in [0.5, 0.6) is 17.2 Å². The molecule has 4 rings (SSSR count). The van der Waals surface area contributed by atoms with E-state index in [1.165, 1.54) is 12.1 Å². The van der Waals surface area contributed by atoms with E-state index in [2.05, 4.69) is 20.6 Å². The lowest BCUT2D eigenvalue weighted by Gasteiger charge is -2.05. The molecule has 0 unspecified atom stereocenters. The second-order valence-electron chi connectivity index (χ2n) is 6.44. The molecule has 1 amide bonds. The summed E-state index contributed by atoms with van der Waals surface area (Å²) in [6.07, 6.45) is 1.12. The molecule has 0 radical (unpaired) electrons. The molecule has 9 heteroatoms. The third-order valence-electron chi connectivity index (χ3n) is 4.37. The smallest absolute Gasteiger partial charge is 0.311 e. The monoisotopic (exact) mass is 415 g/mol. The molecule has 154 valence electrons. The maximum Gasteiger partial charge on any atom is 0.311 e. The average Bonchev–Trinajstić information content (AvgIpc) is 3.26. The van der Waals surface area contributed by atoms with Gasteiger partial charge in [0.1, 0.15) is 0 Å². The molecule has 0 aliphatic heterocycles. The summed E-state index contributed by atoms with van der Waals surface area (Å²) in [5.74, 6) is -1.98. The number of rotatable bonds is 5. The number of nitrogens with zero attached hydrogens (tertiary/aromatic N) is 4. The summed E-state index contributed by atoms with van der Waals surface area (Å²) in [7, 11) is 0. The number of carbonyl (C=O) groups excluding carboxylic acids is 1. The van der Waals surface area contributed by atoms with Gasteiger partial charge in [0.15, 0.2) is 17.3 Å². The van der Waals surface area contributed by atoms with E-state index < -0.39 is 23.2 Å². The molecular formula is C22H17N5O4. The van der Waals surface area contributed by atoms with Crippen LogP contribution in [-0.2, 0) is 0 Å². The summed E-state index contributed by atoms with van der Waals surface area (Å²) in [6.45, 7) is 0. The third kappa shape index (κ3) is 4.06. The van der Waals surface area contributed by atoms with E-state index in [1.54, 1.807) is 4.68 Å². The Morgan fingerprint density at radius 1 is 0.903 bits per heavy atom. The molecule has 4 aromatic rings. The highest BCUT2D eigenvalue weighted by Gasteiger charge is 2.18. The van der Waals surface area contributed by atoms with Crippen molar-refractivity contribution in [2.45, 2.75) is 0 Å². The number of amides is 1. The van der Waals surface area contributed by atoms with Crippen molar-refractivity contribution in [1.82, 2.24) is 20.2 Å². The van der Waals surface area contributed by atoms with Crippen LogP contribution < -0.4 is 5.43 Å². The Hall–Kier alpha value is -4.66. The zero-order chi connectivity index (χ0) is 21.8. The van der Waals surface area contributed by atoms with Gasteiger partial charge in [-0.3, -0.25) is 4.79 Å². The molecule has 0 aliphatic rings. The van der Waals surface area contributed by atoms with Crippen molar-refractivity contribution in [3.05, 3.63) is 84.2 Å². The lowest BCUT2D eigenvalue weighted by Crippen LogP contribution is -2.19. The van der Waals surface area contributed by atoms with Gasteiger partial charge in [0.2, 0.25) is 11.6 Å². The van der Waals surface area contributed by atoms with Crippen molar-refractivity contribution < 1.29 is 20.1 Å². The van der Waals surface area contributed by atoms with Gasteiger partial charge in [0.05, 0.1) is 11.9 Å². The van der Waals surface area contributed by atoms with Crippen LogP contribution in [-0.4, -0.2) is 42.2 Å². The number of hydrazone groups is 1. The van der Waals surface area contributed by atoms with Gasteiger partial charge in [-0.15, -0.1) is 5.10 Å². The molecule has 1 aromatic heterocycles. The Morgan fingerprint density at radius 2 is 1.58 bits per heavy atom. The van der Waals surface area contributed by atoms with Gasteiger partial charge in [-0.1, -0.05) is 48.5 Å². The van der Waals surface area contributed by atoms with Gasteiger partial charge in [-0.25, -0.2) is 15.1 Å². The highest BCUT2D eigenvalue weighted by atomic mass is 16.3. The topological polar surface area (TPSA) is 133 Å². The van der Waals surface area contributed by atoms with Gasteiger partial charge in [-0.05, 0) is 24.3 Å². The van der Waals surface area contributed by atoms with Crippen LogP contribution in [0, 0.1) is 0 Å². The van der Waals surface area contributed by atoms with Gasteiger partial charge in [-0.2, -0.15) is 5.10 Å². The Bertz CT molecular complexity index is 1200. The highest BCUT2D eigenvalue weighted by molar-refractivity contribution is 5.92.